The molecule has 0 saturated carbocycles. The molecule has 1 heterocycles. The van der Waals surface area contributed by atoms with E-state index in [1.165, 1.54) is 0 Å². The molecule has 1 unspecified atom stereocenters. The van der Waals surface area contributed by atoms with Gasteiger partial charge in [-0.25, -0.2) is 4.98 Å². The third-order valence-electron chi connectivity index (χ3n) is 1.77. The molecule has 13 heavy (non-hydrogen) atoms. The molecule has 1 aromatic rings. The van der Waals surface area contributed by atoms with E-state index in [0.717, 1.165) is 11.3 Å². The van der Waals surface area contributed by atoms with Crippen LogP contribution >= 0.6 is 0 Å². The first-order chi connectivity index (χ1) is 6.17. The number of aromatic nitrogens is 1. The molecule has 0 saturated heterocycles. The van der Waals surface area contributed by atoms with Gasteiger partial charge in [0.2, 0.25) is 5.88 Å². The Bertz CT molecular complexity index is 289. The number of nitrogens with two attached hydrogens (primary N) is 1. The van der Waals surface area contributed by atoms with E-state index in [2.05, 4.69) is 4.98 Å². The first-order valence-corrected chi connectivity index (χ1v) is 4.08. The van der Waals surface area contributed by atoms with Crippen LogP contribution in [0.15, 0.2) is 12.1 Å². The van der Waals surface area contributed by atoms with E-state index in [1.807, 2.05) is 6.92 Å². The number of aryl methyl sites for hydroxylation is 1. The summed E-state index contributed by atoms with van der Waals surface area (Å²) in [6, 6.07) is 3.48. The number of rotatable bonds is 3. The second-order valence-electron chi connectivity index (χ2n) is 2.84. The maximum atomic E-state index is 9.47. The van der Waals surface area contributed by atoms with Gasteiger partial charge in [0.15, 0.2) is 0 Å². The molecule has 1 atom stereocenters. The smallest absolute Gasteiger partial charge is 0.213 e. The first-order valence-electron chi connectivity index (χ1n) is 4.08. The first kappa shape index (κ1) is 9.95. The highest BCUT2D eigenvalue weighted by molar-refractivity contribution is 5.26. The van der Waals surface area contributed by atoms with Gasteiger partial charge in [0.1, 0.15) is 0 Å². The monoisotopic (exact) mass is 182 g/mol. The average molecular weight is 182 g/mol. The highest BCUT2D eigenvalue weighted by Crippen LogP contribution is 2.17. The van der Waals surface area contributed by atoms with Gasteiger partial charge in [-0.15, -0.1) is 0 Å². The van der Waals surface area contributed by atoms with Crippen LogP contribution in [0.1, 0.15) is 17.4 Å². The van der Waals surface area contributed by atoms with Crippen molar-refractivity contribution >= 4 is 0 Å². The molecule has 0 aliphatic rings. The molecular weight excluding hydrogens is 168 g/mol. The fourth-order valence-electron chi connectivity index (χ4n) is 1.10. The molecule has 4 nitrogen and oxygen atoms in total. The van der Waals surface area contributed by atoms with Crippen LogP contribution in [-0.4, -0.2) is 23.7 Å². The second kappa shape index (κ2) is 4.20. The van der Waals surface area contributed by atoms with Gasteiger partial charge < -0.3 is 15.6 Å². The average Bonchev–Trinajstić information content (AvgIpc) is 2.15. The number of aliphatic hydroxyl groups excluding tert-OH is 1. The normalized spacial score (nSPS) is 12.6. The Labute approximate surface area is 77.4 Å². The lowest BCUT2D eigenvalue weighted by molar-refractivity contribution is 0.186. The predicted octanol–water partition coefficient (Wildman–Crippen LogP) is 0.391. The van der Waals surface area contributed by atoms with Gasteiger partial charge in [-0.2, -0.15) is 0 Å². The fourth-order valence-corrected chi connectivity index (χ4v) is 1.10. The van der Waals surface area contributed by atoms with Crippen LogP contribution in [0.25, 0.3) is 0 Å². The molecule has 3 N–H and O–H groups in total. The van der Waals surface area contributed by atoms with Crippen LogP contribution in [-0.2, 0) is 0 Å². The number of pyridine rings is 1. The van der Waals surface area contributed by atoms with Crippen molar-refractivity contribution in [3.8, 4) is 5.88 Å². The Hall–Kier alpha value is -1.13. The van der Waals surface area contributed by atoms with Crippen LogP contribution in [0, 0.1) is 6.92 Å². The zero-order chi connectivity index (χ0) is 9.84. The Morgan fingerprint density at radius 2 is 2.31 bits per heavy atom. The van der Waals surface area contributed by atoms with Crippen molar-refractivity contribution in [1.29, 1.82) is 0 Å². The standard InChI is InChI=1S/C9H14N2O2/c1-6-3-7(8(12)5-10)4-9(11-6)13-2/h3-4,8,12H,5,10H2,1-2H3. The summed E-state index contributed by atoms with van der Waals surface area (Å²) in [5.74, 6) is 0.502. The van der Waals surface area contributed by atoms with Gasteiger partial charge >= 0.3 is 0 Å². The number of ether oxygens (including phenoxy) is 1. The van der Waals surface area contributed by atoms with Crippen molar-refractivity contribution in [2.75, 3.05) is 13.7 Å². The van der Waals surface area contributed by atoms with Crippen LogP contribution < -0.4 is 10.5 Å². The van der Waals surface area contributed by atoms with E-state index in [0.29, 0.717) is 5.88 Å². The minimum absolute atomic E-state index is 0.201. The lowest BCUT2D eigenvalue weighted by atomic mass is 10.1. The van der Waals surface area contributed by atoms with E-state index in [1.54, 1.807) is 19.2 Å². The van der Waals surface area contributed by atoms with E-state index in [9.17, 15) is 5.11 Å². The Morgan fingerprint density at radius 1 is 1.62 bits per heavy atom. The van der Waals surface area contributed by atoms with E-state index in [-0.39, 0.29) is 6.54 Å². The molecule has 0 fully saturated rings. The van der Waals surface area contributed by atoms with Crippen LogP contribution in [0.2, 0.25) is 0 Å². The molecule has 0 spiro atoms. The minimum Gasteiger partial charge on any atom is -0.481 e. The lowest BCUT2D eigenvalue weighted by Crippen LogP contribution is -2.12. The highest BCUT2D eigenvalue weighted by atomic mass is 16.5. The summed E-state index contributed by atoms with van der Waals surface area (Å²) in [5, 5.41) is 9.47. The molecule has 4 heteroatoms. The molecular formula is C9H14N2O2. The summed E-state index contributed by atoms with van der Waals surface area (Å²) in [4.78, 5) is 4.09. The zero-order valence-electron chi connectivity index (χ0n) is 7.82. The van der Waals surface area contributed by atoms with Gasteiger partial charge in [0.05, 0.1) is 13.2 Å². The Balaban J connectivity index is 3.01. The Kier molecular flexibility index (Phi) is 3.22. The van der Waals surface area contributed by atoms with Gasteiger partial charge in [-0.1, -0.05) is 0 Å². The summed E-state index contributed by atoms with van der Waals surface area (Å²) in [7, 11) is 1.54. The van der Waals surface area contributed by atoms with Crippen LogP contribution in [0.3, 0.4) is 0 Å². The molecule has 0 radical (unpaired) electrons. The van der Waals surface area contributed by atoms with Gasteiger partial charge in [0.25, 0.3) is 0 Å². The van der Waals surface area contributed by atoms with Crippen LogP contribution in [0.5, 0.6) is 5.88 Å². The third-order valence-corrected chi connectivity index (χ3v) is 1.77. The maximum absolute atomic E-state index is 9.47. The van der Waals surface area contributed by atoms with Crippen molar-refractivity contribution < 1.29 is 9.84 Å². The molecule has 1 rings (SSSR count). The second-order valence-corrected chi connectivity index (χ2v) is 2.84. The zero-order valence-corrected chi connectivity index (χ0v) is 7.82. The molecule has 0 aromatic carbocycles. The number of aliphatic hydroxyl groups is 1. The number of methoxy groups -OCH3 is 1. The maximum Gasteiger partial charge on any atom is 0.213 e. The van der Waals surface area contributed by atoms with Gasteiger partial charge in [0, 0.05) is 18.3 Å². The molecule has 0 bridgehead atoms. The number of hydrogen-bond acceptors (Lipinski definition) is 4. The van der Waals surface area contributed by atoms with Crippen LogP contribution in [0.4, 0.5) is 0 Å². The van der Waals surface area contributed by atoms with Gasteiger partial charge in [-0.05, 0) is 18.6 Å². The highest BCUT2D eigenvalue weighted by Gasteiger charge is 2.07. The van der Waals surface area contributed by atoms with Gasteiger partial charge in [-0.3, -0.25) is 0 Å². The van der Waals surface area contributed by atoms with E-state index < -0.39 is 6.10 Å². The predicted molar refractivity (Wildman–Crippen MR) is 49.5 cm³/mol. The Morgan fingerprint density at radius 3 is 2.85 bits per heavy atom. The molecule has 0 amide bonds. The van der Waals surface area contributed by atoms with Crippen molar-refractivity contribution in [3.05, 3.63) is 23.4 Å². The summed E-state index contributed by atoms with van der Waals surface area (Å²) in [6.07, 6.45) is -0.643. The number of nitrogens with zero attached hydrogens (tertiary/aromatic N) is 1. The summed E-state index contributed by atoms with van der Waals surface area (Å²) >= 11 is 0. The molecule has 0 aliphatic carbocycles. The number of hydrogen-bond donors (Lipinski definition) is 2. The molecule has 72 valence electrons. The SMILES string of the molecule is COc1cc(C(O)CN)cc(C)n1. The van der Waals surface area contributed by atoms with E-state index in [4.69, 9.17) is 10.5 Å². The lowest BCUT2D eigenvalue weighted by Gasteiger charge is -2.09. The van der Waals surface area contributed by atoms with Crippen molar-refractivity contribution in [2.45, 2.75) is 13.0 Å². The van der Waals surface area contributed by atoms with Crippen molar-refractivity contribution in [2.24, 2.45) is 5.73 Å². The van der Waals surface area contributed by atoms with Crippen molar-refractivity contribution in [3.63, 3.8) is 0 Å². The van der Waals surface area contributed by atoms with E-state index >= 15 is 0 Å². The quantitative estimate of drug-likeness (QED) is 0.709. The fraction of sp³-hybridized carbons (Fsp3) is 0.444. The summed E-state index contributed by atoms with van der Waals surface area (Å²) < 4.78 is 4.97. The topological polar surface area (TPSA) is 68.4 Å². The molecule has 0 aliphatic heterocycles. The van der Waals surface area contributed by atoms with Crippen molar-refractivity contribution in [1.82, 2.24) is 4.98 Å². The summed E-state index contributed by atoms with van der Waals surface area (Å²) in [6.45, 7) is 2.04. The largest absolute Gasteiger partial charge is 0.481 e. The summed E-state index contributed by atoms with van der Waals surface area (Å²) in [5.41, 5.74) is 6.88. The third kappa shape index (κ3) is 2.40. The molecule has 1 aromatic heterocycles. The minimum atomic E-state index is -0.643.